The van der Waals surface area contributed by atoms with E-state index >= 15 is 0 Å². The van der Waals surface area contributed by atoms with Gasteiger partial charge in [-0.2, -0.15) is 0 Å². The van der Waals surface area contributed by atoms with Gasteiger partial charge in [0.15, 0.2) is 0 Å². The van der Waals surface area contributed by atoms with Crippen LogP contribution in [0, 0.1) is 12.8 Å². The van der Waals surface area contributed by atoms with Gasteiger partial charge < -0.3 is 5.32 Å². The number of hydrogen-bond donors (Lipinski definition) is 1. The van der Waals surface area contributed by atoms with Crippen molar-refractivity contribution < 1.29 is 0 Å². The lowest BCUT2D eigenvalue weighted by molar-refractivity contribution is 0.494. The van der Waals surface area contributed by atoms with Gasteiger partial charge in [0.25, 0.3) is 0 Å². The van der Waals surface area contributed by atoms with Gasteiger partial charge in [-0.1, -0.05) is 48.9 Å². The van der Waals surface area contributed by atoms with Gasteiger partial charge in [-0.3, -0.25) is 0 Å². The molecule has 1 heterocycles. The molecule has 0 aliphatic heterocycles. The number of halogens is 1. The van der Waals surface area contributed by atoms with E-state index in [1.54, 1.807) is 11.3 Å². The number of hydrogen-bond acceptors (Lipinski definition) is 2. The monoisotopic (exact) mass is 305 g/mol. The molecule has 3 atom stereocenters. The zero-order valence-corrected chi connectivity index (χ0v) is 13.5. The average Bonchev–Trinajstić information content (AvgIpc) is 3.18. The van der Waals surface area contributed by atoms with E-state index in [0.29, 0.717) is 17.9 Å². The Morgan fingerprint density at radius 1 is 1.35 bits per heavy atom. The molecule has 1 saturated carbocycles. The first-order chi connectivity index (χ1) is 9.70. The fraction of sp³-hybridized carbons (Fsp3) is 0.412. The van der Waals surface area contributed by atoms with Crippen LogP contribution in [0.5, 0.6) is 0 Å². The first-order valence-corrected chi connectivity index (χ1v) is 8.44. The van der Waals surface area contributed by atoms with Crippen molar-refractivity contribution in [3.05, 3.63) is 56.7 Å². The second-order valence-electron chi connectivity index (χ2n) is 5.56. The number of benzene rings is 1. The van der Waals surface area contributed by atoms with Crippen molar-refractivity contribution in [1.29, 1.82) is 0 Å². The highest BCUT2D eigenvalue weighted by atomic mass is 35.5. The topological polar surface area (TPSA) is 12.0 Å². The number of nitrogens with one attached hydrogen (secondary N) is 1. The molecule has 1 aromatic heterocycles. The third kappa shape index (κ3) is 2.78. The summed E-state index contributed by atoms with van der Waals surface area (Å²) in [5.41, 5.74) is 2.67. The predicted molar refractivity (Wildman–Crippen MR) is 87.8 cm³/mol. The Morgan fingerprint density at radius 3 is 2.70 bits per heavy atom. The quantitative estimate of drug-likeness (QED) is 0.804. The molecule has 1 aliphatic rings. The van der Waals surface area contributed by atoms with Gasteiger partial charge in [0.2, 0.25) is 0 Å². The van der Waals surface area contributed by atoms with Gasteiger partial charge in [-0.05, 0) is 48.9 Å². The first-order valence-electron chi connectivity index (χ1n) is 7.25. The van der Waals surface area contributed by atoms with E-state index in [2.05, 4.69) is 55.6 Å². The zero-order valence-electron chi connectivity index (χ0n) is 11.9. The van der Waals surface area contributed by atoms with E-state index in [0.717, 1.165) is 10.9 Å². The van der Waals surface area contributed by atoms with Crippen LogP contribution in [0.4, 0.5) is 0 Å². The number of aryl methyl sites for hydroxylation is 1. The highest BCUT2D eigenvalue weighted by Crippen LogP contribution is 2.55. The smallest absolute Gasteiger partial charge is 0.0960 e. The van der Waals surface area contributed by atoms with Crippen molar-refractivity contribution >= 4 is 22.9 Å². The molecule has 2 aromatic rings. The van der Waals surface area contributed by atoms with E-state index in [-0.39, 0.29) is 0 Å². The first kappa shape index (κ1) is 14.1. The third-order valence-electron chi connectivity index (χ3n) is 4.10. The summed E-state index contributed by atoms with van der Waals surface area (Å²) in [7, 11) is 0. The second kappa shape index (κ2) is 5.88. The molecular formula is C17H20ClNS. The molecule has 20 heavy (non-hydrogen) atoms. The third-order valence-corrected chi connectivity index (χ3v) is 5.74. The Hall–Kier alpha value is -0.830. The van der Waals surface area contributed by atoms with E-state index in [9.17, 15) is 0 Å². The lowest BCUT2D eigenvalue weighted by atomic mass is 10.0. The minimum atomic E-state index is 0.446. The highest BCUT2D eigenvalue weighted by molar-refractivity contribution is 7.16. The molecule has 3 rings (SSSR count). The van der Waals surface area contributed by atoms with Crippen molar-refractivity contribution in [2.75, 3.05) is 6.54 Å². The molecular weight excluding hydrogens is 286 g/mol. The molecule has 1 nitrogen and oxygen atoms in total. The summed E-state index contributed by atoms with van der Waals surface area (Å²) in [6.07, 6.45) is 1.27. The Bertz CT molecular complexity index is 558. The maximum Gasteiger partial charge on any atom is 0.0960 e. The van der Waals surface area contributed by atoms with Crippen LogP contribution in [-0.4, -0.2) is 6.54 Å². The maximum absolute atomic E-state index is 6.24. The van der Waals surface area contributed by atoms with Crippen LogP contribution in [0.15, 0.2) is 36.4 Å². The molecule has 0 bridgehead atoms. The van der Waals surface area contributed by atoms with E-state index < -0.39 is 0 Å². The van der Waals surface area contributed by atoms with Crippen LogP contribution in [0.1, 0.15) is 41.3 Å². The molecule has 1 fully saturated rings. The Kier molecular flexibility index (Phi) is 4.16. The summed E-state index contributed by atoms with van der Waals surface area (Å²) < 4.78 is 0.930. The Labute approximate surface area is 130 Å². The van der Waals surface area contributed by atoms with Gasteiger partial charge in [0, 0.05) is 10.9 Å². The fourth-order valence-electron chi connectivity index (χ4n) is 2.99. The minimum Gasteiger partial charge on any atom is -0.309 e. The van der Waals surface area contributed by atoms with Crippen molar-refractivity contribution in [3.63, 3.8) is 0 Å². The van der Waals surface area contributed by atoms with E-state index in [1.165, 1.54) is 22.4 Å². The Balaban J connectivity index is 1.79. The summed E-state index contributed by atoms with van der Waals surface area (Å²) in [5, 5.41) is 3.65. The molecule has 1 aromatic carbocycles. The van der Waals surface area contributed by atoms with Crippen LogP contribution < -0.4 is 5.32 Å². The van der Waals surface area contributed by atoms with Crippen LogP contribution in [0.3, 0.4) is 0 Å². The molecule has 106 valence electrons. The van der Waals surface area contributed by atoms with Gasteiger partial charge >= 0.3 is 0 Å². The van der Waals surface area contributed by atoms with Crippen LogP contribution in [0.2, 0.25) is 4.34 Å². The molecule has 1 N–H and O–H groups in total. The number of thiophene rings is 1. The predicted octanol–water partition coefficient (Wildman–Crippen LogP) is 5.16. The van der Waals surface area contributed by atoms with Crippen LogP contribution >= 0.6 is 22.9 Å². The van der Waals surface area contributed by atoms with Gasteiger partial charge in [0.1, 0.15) is 0 Å². The normalized spacial score (nSPS) is 22.8. The number of rotatable bonds is 5. The lowest BCUT2D eigenvalue weighted by Gasteiger charge is -2.16. The lowest BCUT2D eigenvalue weighted by Crippen LogP contribution is -2.22. The zero-order chi connectivity index (χ0) is 14.1. The molecule has 0 amide bonds. The molecule has 0 spiro atoms. The van der Waals surface area contributed by atoms with Crippen molar-refractivity contribution in [2.24, 2.45) is 5.92 Å². The summed E-state index contributed by atoms with van der Waals surface area (Å²) in [5.74, 6) is 1.40. The van der Waals surface area contributed by atoms with Crippen LogP contribution in [-0.2, 0) is 0 Å². The van der Waals surface area contributed by atoms with Gasteiger partial charge in [-0.25, -0.2) is 0 Å². The van der Waals surface area contributed by atoms with Crippen molar-refractivity contribution in [2.45, 2.75) is 32.2 Å². The molecule has 0 radical (unpaired) electrons. The molecule has 0 saturated heterocycles. The standard InChI is InChI=1S/C17H20ClNS/c1-3-19-16(15-9-11(2)17(18)20-15)14-10-13(14)12-7-5-4-6-8-12/h4-9,13-14,16,19H,3,10H2,1-2H3. The highest BCUT2D eigenvalue weighted by Gasteiger charge is 2.44. The van der Waals surface area contributed by atoms with Gasteiger partial charge in [-0.15, -0.1) is 11.3 Å². The molecule has 3 unspecified atom stereocenters. The summed E-state index contributed by atoms with van der Waals surface area (Å²) >= 11 is 7.97. The largest absolute Gasteiger partial charge is 0.309 e. The van der Waals surface area contributed by atoms with E-state index in [4.69, 9.17) is 11.6 Å². The minimum absolute atomic E-state index is 0.446. The average molecular weight is 306 g/mol. The maximum atomic E-state index is 6.24. The SMILES string of the molecule is CCNC(c1cc(C)c(Cl)s1)C1CC1c1ccccc1. The second-order valence-corrected chi connectivity index (χ2v) is 7.24. The van der Waals surface area contributed by atoms with Crippen LogP contribution in [0.25, 0.3) is 0 Å². The van der Waals surface area contributed by atoms with E-state index in [1.807, 2.05) is 0 Å². The molecule has 1 aliphatic carbocycles. The fourth-order valence-corrected chi connectivity index (χ4v) is 4.36. The summed E-state index contributed by atoms with van der Waals surface area (Å²) in [4.78, 5) is 1.39. The van der Waals surface area contributed by atoms with Gasteiger partial charge in [0.05, 0.1) is 4.34 Å². The van der Waals surface area contributed by atoms with Crippen molar-refractivity contribution in [1.82, 2.24) is 5.32 Å². The molecule has 3 heteroatoms. The van der Waals surface area contributed by atoms with Crippen molar-refractivity contribution in [3.8, 4) is 0 Å². The summed E-state index contributed by atoms with van der Waals surface area (Å²) in [6, 6.07) is 13.6. The Morgan fingerprint density at radius 2 is 2.10 bits per heavy atom. The summed E-state index contributed by atoms with van der Waals surface area (Å²) in [6.45, 7) is 5.26.